The van der Waals surface area contributed by atoms with Crippen molar-refractivity contribution in [3.8, 4) is 0 Å². The van der Waals surface area contributed by atoms with Crippen molar-refractivity contribution in [1.82, 2.24) is 29.4 Å². The number of carbonyl (C=O) groups excluding carboxylic acids is 2. The van der Waals surface area contributed by atoms with Crippen molar-refractivity contribution < 1.29 is 34.1 Å². The monoisotopic (exact) mass is 1460 g/mol. The highest BCUT2D eigenvalue weighted by molar-refractivity contribution is 5.78. The number of hydrogen-bond donors (Lipinski definition) is 2. The number of carboxylic acids is 1. The average molecular weight is 1460 g/mol. The quantitative estimate of drug-likeness (QED) is 0.0445. The molecule has 0 bridgehead atoms. The fourth-order valence-corrected chi connectivity index (χ4v) is 16.1. The molecule has 0 radical (unpaired) electrons. The fraction of sp³-hybridized carbons (Fsp3) is 0.956. The normalized spacial score (nSPS) is 15.6. The Morgan fingerprint density at radius 2 is 0.689 bits per heavy atom. The number of rotatable bonds is 71. The first-order valence-electron chi connectivity index (χ1n) is 45.6. The number of carbonyl (C=O) groups is 4. The van der Waals surface area contributed by atoms with Crippen molar-refractivity contribution in [2.24, 2.45) is 17.3 Å². The second kappa shape index (κ2) is 69.9. The molecule has 2 heterocycles. The van der Waals surface area contributed by atoms with E-state index >= 15 is 0 Å². The number of esters is 1. The van der Waals surface area contributed by atoms with Gasteiger partial charge in [0.1, 0.15) is 6.04 Å². The Hall–Kier alpha value is -2.48. The molecule has 2 amide bonds. The minimum atomic E-state index is -0.822. The molecule has 0 aromatic heterocycles. The summed E-state index contributed by atoms with van der Waals surface area (Å²) in [4.78, 5) is 65.0. The van der Waals surface area contributed by atoms with Crippen LogP contribution in [-0.4, -0.2) is 174 Å². The van der Waals surface area contributed by atoms with Gasteiger partial charge in [0.15, 0.2) is 0 Å². The molecule has 3 unspecified atom stereocenters. The molecule has 0 aromatic rings. The van der Waals surface area contributed by atoms with E-state index in [4.69, 9.17) is 4.74 Å². The Morgan fingerprint density at radius 1 is 0.379 bits per heavy atom. The number of hydrogen-bond acceptors (Lipinski definition) is 9. The molecule has 3 atom stereocenters. The van der Waals surface area contributed by atoms with E-state index < -0.39 is 12.1 Å². The Bertz CT molecular complexity index is 1840. The molecule has 2 aliphatic rings. The van der Waals surface area contributed by atoms with Gasteiger partial charge in [0.05, 0.1) is 19.7 Å². The van der Waals surface area contributed by atoms with Gasteiger partial charge in [-0.25, -0.2) is 4.79 Å². The standard InChI is InChI=1S/C58H116N4O3.C32H62N2O4/c1-6-11-16-21-26-31-36-45-59(46-37-32-27-22-17-12-7-2)52-53-60(47-38-33-28-23-18-13-8-3)54-57(63)62-50-43-55(44-51-62)41-42-56(58(64)65)61(48-39-34-29-24-19-14-9-4)49-40-35-30-25-20-15-10-5;1-6-8-10-12-14-16-18-22-33(23-19-17-15-13-11-9-7-2)27-30(35)38-25-21-28-20-24-34(31(36)37)29(26-28)32(3,4)5/h55-56H,6-54H2,1-5H3,(H,64,65);28-29H,6-27H2,1-5H3,(H,36,37). The molecule has 2 saturated heterocycles. The minimum Gasteiger partial charge on any atom is -0.480 e. The Labute approximate surface area is 640 Å². The van der Waals surface area contributed by atoms with Gasteiger partial charge in [-0.3, -0.25) is 29.1 Å². The molecule has 0 saturated carbocycles. The zero-order valence-corrected chi connectivity index (χ0v) is 70.6. The first-order valence-corrected chi connectivity index (χ1v) is 45.6. The molecular formula is C90H178N6O7. The SMILES string of the molecule is CCCCCCCCCN(CCCCCCCCC)CC(=O)OCCC1CCN(C(=O)O)C(C(C)(C)C)C1.CCCCCCCCCN(CCCCCCCCC)CCN(CCCCCCCCC)CC(=O)N1CCC(CCC(C(=O)O)N(CCCCCCCCC)CCCCCCCCC)CC1. The van der Waals surface area contributed by atoms with Crippen molar-refractivity contribution in [2.75, 3.05) is 98.2 Å². The van der Waals surface area contributed by atoms with E-state index in [0.29, 0.717) is 44.0 Å². The number of likely N-dealkylation sites (tertiary alicyclic amines) is 2. The van der Waals surface area contributed by atoms with Crippen LogP contribution in [0.2, 0.25) is 0 Å². The highest BCUT2D eigenvalue weighted by Crippen LogP contribution is 2.36. The number of nitrogens with zero attached hydrogens (tertiary/aromatic N) is 6. The van der Waals surface area contributed by atoms with Crippen LogP contribution in [0.5, 0.6) is 0 Å². The van der Waals surface area contributed by atoms with Crippen LogP contribution in [0.25, 0.3) is 0 Å². The molecule has 0 aromatic carbocycles. The van der Waals surface area contributed by atoms with E-state index in [1.54, 1.807) is 4.90 Å². The zero-order valence-electron chi connectivity index (χ0n) is 70.6. The number of ether oxygens (including phenoxy) is 1. The summed E-state index contributed by atoms with van der Waals surface area (Å²) in [6, 6.07) is -0.375. The first-order chi connectivity index (χ1) is 50.1. The molecule has 13 heteroatoms. The van der Waals surface area contributed by atoms with Crippen molar-refractivity contribution in [3.05, 3.63) is 0 Å². The van der Waals surface area contributed by atoms with Crippen molar-refractivity contribution in [1.29, 1.82) is 0 Å². The van der Waals surface area contributed by atoms with Gasteiger partial charge >= 0.3 is 18.0 Å². The summed E-state index contributed by atoms with van der Waals surface area (Å²) in [7, 11) is 0. The summed E-state index contributed by atoms with van der Waals surface area (Å²) in [5.41, 5.74) is -0.0970. The number of piperidine rings is 2. The summed E-state index contributed by atoms with van der Waals surface area (Å²) in [5, 5.41) is 20.1. The van der Waals surface area contributed by atoms with E-state index in [1.807, 2.05) is 0 Å². The molecule has 13 nitrogen and oxygen atoms in total. The van der Waals surface area contributed by atoms with Crippen LogP contribution in [0.1, 0.15) is 429 Å². The third kappa shape index (κ3) is 56.4. The predicted octanol–water partition coefficient (Wildman–Crippen LogP) is 24.6. The van der Waals surface area contributed by atoms with Gasteiger partial charge in [0.25, 0.3) is 0 Å². The Morgan fingerprint density at radius 3 is 1.03 bits per heavy atom. The van der Waals surface area contributed by atoms with Gasteiger partial charge in [-0.15, -0.1) is 0 Å². The summed E-state index contributed by atoms with van der Waals surface area (Å²) in [6.07, 6.45) is 69.2. The van der Waals surface area contributed by atoms with Crippen LogP contribution in [0.15, 0.2) is 0 Å². The van der Waals surface area contributed by atoms with Crippen LogP contribution < -0.4 is 0 Å². The van der Waals surface area contributed by atoms with Gasteiger partial charge in [0.2, 0.25) is 5.91 Å². The molecular weight excluding hydrogens is 1280 g/mol. The third-order valence-electron chi connectivity index (χ3n) is 23.2. The van der Waals surface area contributed by atoms with Gasteiger partial charge in [-0.2, -0.15) is 0 Å². The van der Waals surface area contributed by atoms with Crippen molar-refractivity contribution in [3.63, 3.8) is 0 Å². The second-order valence-corrected chi connectivity index (χ2v) is 33.8. The van der Waals surface area contributed by atoms with Crippen LogP contribution >= 0.6 is 0 Å². The van der Waals surface area contributed by atoms with Gasteiger partial charge < -0.3 is 29.6 Å². The Kier molecular flexibility index (Phi) is 66.9. The third-order valence-corrected chi connectivity index (χ3v) is 23.2. The molecule has 2 aliphatic heterocycles. The van der Waals surface area contributed by atoms with Gasteiger partial charge in [-0.1, -0.05) is 339 Å². The predicted molar refractivity (Wildman–Crippen MR) is 443 cm³/mol. The average Bonchev–Trinajstić information content (AvgIpc) is 0.814. The summed E-state index contributed by atoms with van der Waals surface area (Å²) < 4.78 is 5.70. The molecule has 2 rings (SSSR count). The van der Waals surface area contributed by atoms with Gasteiger partial charge in [0, 0.05) is 38.8 Å². The molecule has 2 N–H and O–H groups in total. The van der Waals surface area contributed by atoms with E-state index in [9.17, 15) is 29.4 Å². The highest BCUT2D eigenvalue weighted by atomic mass is 16.5. The van der Waals surface area contributed by atoms with Crippen LogP contribution in [0.3, 0.4) is 0 Å². The lowest BCUT2D eigenvalue weighted by Crippen LogP contribution is -2.51. The smallest absolute Gasteiger partial charge is 0.407 e. The molecule has 0 aliphatic carbocycles. The fourth-order valence-electron chi connectivity index (χ4n) is 16.1. The largest absolute Gasteiger partial charge is 0.480 e. The lowest BCUT2D eigenvalue weighted by atomic mass is 9.76. The van der Waals surface area contributed by atoms with Crippen LogP contribution in [-0.2, 0) is 19.1 Å². The summed E-state index contributed by atoms with van der Waals surface area (Å²) in [5.74, 6) is 0.491. The molecule has 0 spiro atoms. The first kappa shape index (κ1) is 98.5. The lowest BCUT2D eigenvalue weighted by Gasteiger charge is -2.44. The topological polar surface area (TPSA) is 137 Å². The zero-order chi connectivity index (χ0) is 75.5. The second-order valence-electron chi connectivity index (χ2n) is 33.8. The molecule has 103 heavy (non-hydrogen) atoms. The van der Waals surface area contributed by atoms with Crippen LogP contribution in [0, 0.1) is 17.3 Å². The number of carboxylic acid groups (broad SMARTS) is 2. The highest BCUT2D eigenvalue weighted by Gasteiger charge is 2.39. The van der Waals surface area contributed by atoms with Gasteiger partial charge in [-0.05, 0) is 153 Å². The number of unbranched alkanes of at least 4 members (excludes halogenated alkanes) is 42. The number of aliphatic carboxylic acids is 1. The lowest BCUT2D eigenvalue weighted by molar-refractivity contribution is -0.146. The maximum absolute atomic E-state index is 14.0. The molecule has 2 fully saturated rings. The maximum Gasteiger partial charge on any atom is 0.407 e. The maximum atomic E-state index is 14.0. The van der Waals surface area contributed by atoms with E-state index in [-0.39, 0.29) is 23.5 Å². The summed E-state index contributed by atoms with van der Waals surface area (Å²) in [6.45, 7) is 35.2. The van der Waals surface area contributed by atoms with E-state index in [2.05, 4.69) is 93.7 Å². The van der Waals surface area contributed by atoms with Crippen LogP contribution in [0.4, 0.5) is 4.79 Å². The van der Waals surface area contributed by atoms with E-state index in [0.717, 1.165) is 130 Å². The molecule has 610 valence electrons. The Balaban J connectivity index is 0.00000118. The van der Waals surface area contributed by atoms with Crippen molar-refractivity contribution in [2.45, 2.75) is 441 Å². The van der Waals surface area contributed by atoms with E-state index in [1.165, 1.54) is 302 Å². The number of amides is 2. The minimum absolute atomic E-state index is 0.00823. The summed E-state index contributed by atoms with van der Waals surface area (Å²) >= 11 is 0. The van der Waals surface area contributed by atoms with Crippen molar-refractivity contribution >= 4 is 23.9 Å².